The lowest BCUT2D eigenvalue weighted by Crippen LogP contribution is -2.54. The highest BCUT2D eigenvalue weighted by Gasteiger charge is 2.35. The van der Waals surface area contributed by atoms with Crippen LogP contribution in [0, 0.1) is 0 Å². The number of nitrogens with zero attached hydrogens (tertiary/aromatic N) is 1. The first-order chi connectivity index (χ1) is 18.1. The van der Waals surface area contributed by atoms with Gasteiger partial charge in [0.25, 0.3) is 0 Å². The second kappa shape index (κ2) is 9.84. The predicted octanol–water partition coefficient (Wildman–Crippen LogP) is 2.30. The van der Waals surface area contributed by atoms with Gasteiger partial charge in [-0.2, -0.15) is 0 Å². The summed E-state index contributed by atoms with van der Waals surface area (Å²) in [5.41, 5.74) is 6.24. The molecule has 0 unspecified atom stereocenters. The van der Waals surface area contributed by atoms with Crippen molar-refractivity contribution in [3.8, 4) is 17.2 Å². The Morgan fingerprint density at radius 1 is 1.00 bits per heavy atom. The van der Waals surface area contributed by atoms with Crippen LogP contribution in [0.25, 0.3) is 0 Å². The van der Waals surface area contributed by atoms with Crippen LogP contribution in [0.2, 0.25) is 0 Å². The SMILES string of the molecule is C[N+]1(CCNS(=O)(=O)c2ccc(Oc3cc(O)c4c(c3N)C(=O)c3ccccc3C4=O)cc2)CCOCC1. The van der Waals surface area contributed by atoms with Crippen molar-refractivity contribution in [2.24, 2.45) is 0 Å². The Hall–Kier alpha value is -3.77. The third-order valence-corrected chi connectivity index (χ3v) is 8.51. The number of nitrogens with one attached hydrogen (secondary N) is 1. The van der Waals surface area contributed by atoms with Crippen LogP contribution >= 0.6 is 0 Å². The smallest absolute Gasteiger partial charge is 0.240 e. The molecule has 10 nitrogen and oxygen atoms in total. The highest BCUT2D eigenvalue weighted by molar-refractivity contribution is 7.89. The van der Waals surface area contributed by atoms with Gasteiger partial charge in [-0.1, -0.05) is 24.3 Å². The van der Waals surface area contributed by atoms with Gasteiger partial charge >= 0.3 is 0 Å². The number of nitrogens with two attached hydrogens (primary N) is 1. The number of sulfonamides is 1. The standard InChI is InChI=1S/C27H27N3O7S/c1-30(12-14-36-15-13-30)11-10-29-38(34,35)18-8-6-17(7-9-18)37-22-16-21(31)23-24(25(22)28)27(33)20-5-3-2-4-19(20)26(23)32/h2-9,16,29H,10-15H2,1H3,(H2-,28,31,32,33)/p+1. The number of ether oxygens (including phenoxy) is 2. The molecule has 4 N–H and O–H groups in total. The van der Waals surface area contributed by atoms with E-state index in [2.05, 4.69) is 11.8 Å². The number of benzene rings is 3. The van der Waals surface area contributed by atoms with Crippen molar-refractivity contribution in [2.75, 3.05) is 52.2 Å². The molecule has 1 heterocycles. The summed E-state index contributed by atoms with van der Waals surface area (Å²) in [6.45, 7) is 3.93. The summed E-state index contributed by atoms with van der Waals surface area (Å²) in [4.78, 5) is 26.1. The summed E-state index contributed by atoms with van der Waals surface area (Å²) >= 11 is 0. The van der Waals surface area contributed by atoms with Gasteiger partial charge in [0.1, 0.15) is 24.6 Å². The maximum atomic E-state index is 13.1. The Morgan fingerprint density at radius 3 is 2.24 bits per heavy atom. The molecule has 0 saturated carbocycles. The number of carbonyl (C=O) groups is 2. The number of phenolic OH excluding ortho intramolecular Hbond substituents is 1. The number of nitrogen functional groups attached to an aromatic ring is 1. The zero-order chi connectivity index (χ0) is 27.1. The van der Waals surface area contributed by atoms with Crippen LogP contribution in [-0.4, -0.2) is 76.0 Å². The average Bonchev–Trinajstić information content (AvgIpc) is 2.89. The molecule has 3 aromatic rings. The number of carbonyl (C=O) groups excluding carboxylic acids is 2. The molecule has 198 valence electrons. The molecular formula is C27H28N3O7S+. The van der Waals surface area contributed by atoms with Gasteiger partial charge in [-0.05, 0) is 24.3 Å². The summed E-state index contributed by atoms with van der Waals surface area (Å²) in [5.74, 6) is -1.22. The summed E-state index contributed by atoms with van der Waals surface area (Å²) in [6, 6.07) is 13.2. The lowest BCUT2D eigenvalue weighted by molar-refractivity contribution is -0.915. The van der Waals surface area contributed by atoms with E-state index in [9.17, 15) is 23.1 Å². The fourth-order valence-electron chi connectivity index (χ4n) is 4.71. The number of anilines is 1. The van der Waals surface area contributed by atoms with Gasteiger partial charge in [-0.3, -0.25) is 9.59 Å². The predicted molar refractivity (Wildman–Crippen MR) is 139 cm³/mol. The molecule has 0 spiro atoms. The van der Waals surface area contributed by atoms with E-state index in [4.69, 9.17) is 15.2 Å². The van der Waals surface area contributed by atoms with Gasteiger partial charge in [0, 0.05) is 17.2 Å². The van der Waals surface area contributed by atoms with Crippen LogP contribution in [0.5, 0.6) is 17.2 Å². The highest BCUT2D eigenvalue weighted by atomic mass is 32.2. The molecule has 11 heteroatoms. The molecule has 1 aliphatic carbocycles. The Balaban J connectivity index is 1.33. The molecule has 1 fully saturated rings. The Labute approximate surface area is 220 Å². The molecule has 0 atom stereocenters. The molecular weight excluding hydrogens is 510 g/mol. The first-order valence-corrected chi connectivity index (χ1v) is 13.6. The number of hydrogen-bond acceptors (Lipinski definition) is 8. The molecule has 3 aromatic carbocycles. The minimum atomic E-state index is -3.74. The van der Waals surface area contributed by atoms with Crippen LogP contribution < -0.4 is 15.2 Å². The average molecular weight is 539 g/mol. The van der Waals surface area contributed by atoms with E-state index in [1.54, 1.807) is 12.1 Å². The topological polar surface area (TPSA) is 145 Å². The Kier molecular flexibility index (Phi) is 6.70. The van der Waals surface area contributed by atoms with Crippen molar-refractivity contribution in [3.63, 3.8) is 0 Å². The summed E-state index contributed by atoms with van der Waals surface area (Å²) in [5, 5.41) is 10.6. The maximum Gasteiger partial charge on any atom is 0.240 e. The highest BCUT2D eigenvalue weighted by Crippen LogP contribution is 2.42. The summed E-state index contributed by atoms with van der Waals surface area (Å²) in [6.07, 6.45) is 0. The first-order valence-electron chi connectivity index (χ1n) is 12.1. The van der Waals surface area contributed by atoms with Crippen molar-refractivity contribution in [1.29, 1.82) is 0 Å². The molecule has 1 saturated heterocycles. The van der Waals surface area contributed by atoms with Crippen molar-refractivity contribution in [1.82, 2.24) is 4.72 Å². The summed E-state index contributed by atoms with van der Waals surface area (Å²) < 4.78 is 40.1. The molecule has 1 aliphatic heterocycles. The van der Waals surface area contributed by atoms with Gasteiger partial charge < -0.3 is 24.8 Å². The number of phenols is 1. The minimum absolute atomic E-state index is 0.0296. The van der Waals surface area contributed by atoms with E-state index < -0.39 is 27.3 Å². The molecule has 0 amide bonds. The van der Waals surface area contributed by atoms with Crippen molar-refractivity contribution < 1.29 is 37.1 Å². The van der Waals surface area contributed by atoms with E-state index >= 15 is 0 Å². The Morgan fingerprint density at radius 2 is 1.61 bits per heavy atom. The fraction of sp³-hybridized carbons (Fsp3) is 0.259. The number of ketones is 2. The number of likely N-dealkylation sites (N-methyl/N-ethyl adjacent to an activating group) is 1. The van der Waals surface area contributed by atoms with Crippen LogP contribution in [0.4, 0.5) is 5.69 Å². The lowest BCUT2D eigenvalue weighted by atomic mass is 9.82. The van der Waals surface area contributed by atoms with Gasteiger partial charge in [0.2, 0.25) is 10.0 Å². The lowest BCUT2D eigenvalue weighted by Gasteiger charge is -2.37. The van der Waals surface area contributed by atoms with Crippen molar-refractivity contribution >= 4 is 27.3 Å². The van der Waals surface area contributed by atoms with Crippen LogP contribution in [-0.2, 0) is 14.8 Å². The summed E-state index contributed by atoms with van der Waals surface area (Å²) in [7, 11) is -1.66. The van der Waals surface area contributed by atoms with E-state index in [0.29, 0.717) is 19.8 Å². The molecule has 0 bridgehead atoms. The van der Waals surface area contributed by atoms with Crippen molar-refractivity contribution in [3.05, 3.63) is 76.9 Å². The minimum Gasteiger partial charge on any atom is -0.507 e. The second-order valence-corrected chi connectivity index (χ2v) is 11.4. The molecule has 38 heavy (non-hydrogen) atoms. The molecule has 2 aliphatic rings. The van der Waals surface area contributed by atoms with Crippen molar-refractivity contribution in [2.45, 2.75) is 4.90 Å². The number of fused-ring (bicyclic) bond motifs is 2. The van der Waals surface area contributed by atoms with E-state index in [1.807, 2.05) is 0 Å². The number of morpholine rings is 1. The number of quaternary nitrogens is 1. The van der Waals surface area contributed by atoms with E-state index in [0.717, 1.165) is 17.6 Å². The van der Waals surface area contributed by atoms with Gasteiger partial charge in [-0.25, -0.2) is 13.1 Å². The Bertz CT molecular complexity index is 1530. The van der Waals surface area contributed by atoms with Gasteiger partial charge in [0.05, 0.1) is 55.1 Å². The monoisotopic (exact) mass is 538 g/mol. The fourth-order valence-corrected chi connectivity index (χ4v) is 5.73. The number of rotatable bonds is 7. The maximum absolute atomic E-state index is 13.1. The third-order valence-electron chi connectivity index (χ3n) is 7.04. The molecule has 0 radical (unpaired) electrons. The first kappa shape index (κ1) is 25.9. The normalized spacial score (nSPS) is 16.6. The van der Waals surface area contributed by atoms with E-state index in [-0.39, 0.29) is 50.9 Å². The van der Waals surface area contributed by atoms with E-state index in [1.165, 1.54) is 42.5 Å². The van der Waals surface area contributed by atoms with Crippen LogP contribution in [0.15, 0.2) is 59.5 Å². The second-order valence-electron chi connectivity index (χ2n) is 9.64. The molecule has 5 rings (SSSR count). The third kappa shape index (κ3) is 4.76. The van der Waals surface area contributed by atoms with Crippen LogP contribution in [0.3, 0.4) is 0 Å². The van der Waals surface area contributed by atoms with Crippen LogP contribution in [0.1, 0.15) is 31.8 Å². The van der Waals surface area contributed by atoms with Gasteiger partial charge in [0.15, 0.2) is 17.3 Å². The quantitative estimate of drug-likeness (QED) is 0.185. The van der Waals surface area contributed by atoms with Gasteiger partial charge in [-0.15, -0.1) is 0 Å². The zero-order valence-electron chi connectivity index (χ0n) is 20.8. The zero-order valence-corrected chi connectivity index (χ0v) is 21.6. The molecule has 0 aromatic heterocycles. The number of hydrogen-bond donors (Lipinski definition) is 3. The largest absolute Gasteiger partial charge is 0.507 e. The number of aromatic hydroxyl groups is 1.